The van der Waals surface area contributed by atoms with Crippen LogP contribution in [-0.2, 0) is 12.8 Å². The molecule has 0 spiro atoms. The van der Waals surface area contributed by atoms with Gasteiger partial charge in [-0.25, -0.2) is 0 Å². The summed E-state index contributed by atoms with van der Waals surface area (Å²) in [5, 5.41) is 65.4. The van der Waals surface area contributed by atoms with E-state index in [1.54, 1.807) is 38.1 Å². The summed E-state index contributed by atoms with van der Waals surface area (Å²) >= 11 is 0. The van der Waals surface area contributed by atoms with Crippen LogP contribution < -0.4 is 9.47 Å². The van der Waals surface area contributed by atoms with Gasteiger partial charge < -0.3 is 40.1 Å². The van der Waals surface area contributed by atoms with E-state index < -0.39 is 35.6 Å². The number of benzene rings is 4. The van der Waals surface area contributed by atoms with Crippen molar-refractivity contribution in [3.05, 3.63) is 104 Å². The largest absolute Gasteiger partial charge is 0.507 e. The van der Waals surface area contributed by atoms with Crippen molar-refractivity contribution in [2.45, 2.75) is 50.7 Å². The van der Waals surface area contributed by atoms with Crippen molar-refractivity contribution in [2.75, 3.05) is 14.2 Å². The normalized spacial score (nSPS) is 17.8. The lowest BCUT2D eigenvalue weighted by atomic mass is 9.63. The summed E-state index contributed by atoms with van der Waals surface area (Å²) in [4.78, 5) is 28.1. The quantitative estimate of drug-likeness (QED) is 0.172. The number of aromatic hydroxyl groups is 4. The van der Waals surface area contributed by atoms with Crippen LogP contribution in [-0.4, -0.2) is 68.6 Å². The molecule has 10 nitrogen and oxygen atoms in total. The molecule has 0 fully saturated rings. The predicted molar refractivity (Wildman–Crippen MR) is 167 cm³/mol. The van der Waals surface area contributed by atoms with Crippen LogP contribution in [0.25, 0.3) is 0 Å². The molecule has 4 aromatic rings. The van der Waals surface area contributed by atoms with Crippen LogP contribution in [0.2, 0.25) is 0 Å². The molecule has 0 saturated carbocycles. The molecular weight excluding hydrogens is 592 g/mol. The van der Waals surface area contributed by atoms with E-state index in [1.807, 2.05) is 0 Å². The first kappa shape index (κ1) is 30.9. The molecule has 6 N–H and O–H groups in total. The summed E-state index contributed by atoms with van der Waals surface area (Å²) < 4.78 is 11.0. The smallest absolute Gasteiger partial charge is 0.201 e. The van der Waals surface area contributed by atoms with E-state index in [2.05, 4.69) is 0 Å². The summed E-state index contributed by atoms with van der Waals surface area (Å²) in [6.07, 6.45) is -1.24. The van der Waals surface area contributed by atoms with E-state index >= 15 is 0 Å². The number of ether oxygens (including phenoxy) is 2. The van der Waals surface area contributed by atoms with Crippen molar-refractivity contribution in [1.82, 2.24) is 0 Å². The Hall–Kier alpha value is -5.06. The number of aliphatic hydroxyl groups excluding tert-OH is 2. The van der Waals surface area contributed by atoms with Crippen LogP contribution in [0.4, 0.5) is 0 Å². The van der Waals surface area contributed by atoms with Gasteiger partial charge in [-0.1, -0.05) is 12.1 Å². The molecule has 0 aromatic heterocycles. The first-order valence-electron chi connectivity index (χ1n) is 14.8. The minimum absolute atomic E-state index is 0.0659. The van der Waals surface area contributed by atoms with E-state index in [4.69, 9.17) is 9.47 Å². The molecule has 0 unspecified atom stereocenters. The van der Waals surface area contributed by atoms with Crippen LogP contribution in [0.3, 0.4) is 0 Å². The number of fused-ring (bicyclic) bond motifs is 4. The second-order valence-electron chi connectivity index (χ2n) is 12.1. The topological polar surface area (TPSA) is 174 Å². The molecule has 10 heteroatoms. The monoisotopic (exact) mass is 626 g/mol. The molecule has 0 radical (unpaired) electrons. The highest BCUT2D eigenvalue weighted by atomic mass is 16.5. The molecule has 0 saturated heterocycles. The zero-order valence-corrected chi connectivity index (χ0v) is 25.7. The number of phenolic OH excluding ortho intramolecular Hbond substituents is 4. The summed E-state index contributed by atoms with van der Waals surface area (Å²) in [7, 11) is 2.82. The molecule has 2 aliphatic rings. The molecular formula is C36H34O10. The molecule has 0 amide bonds. The Labute approximate surface area is 264 Å². The van der Waals surface area contributed by atoms with Gasteiger partial charge in [0.05, 0.1) is 48.7 Å². The van der Waals surface area contributed by atoms with Crippen molar-refractivity contribution < 1.29 is 49.7 Å². The van der Waals surface area contributed by atoms with Gasteiger partial charge in [0.2, 0.25) is 11.6 Å². The number of phenols is 4. The molecule has 46 heavy (non-hydrogen) atoms. The first-order chi connectivity index (χ1) is 21.8. The molecule has 0 aliphatic heterocycles. The summed E-state index contributed by atoms with van der Waals surface area (Å²) in [5.74, 6) is -4.07. The maximum Gasteiger partial charge on any atom is 0.201 e. The van der Waals surface area contributed by atoms with Gasteiger partial charge in [-0.15, -0.1) is 0 Å². The Morgan fingerprint density at radius 3 is 1.15 bits per heavy atom. The number of hydrogen-bond donors (Lipinski definition) is 6. The van der Waals surface area contributed by atoms with E-state index in [-0.39, 0.29) is 69.6 Å². The van der Waals surface area contributed by atoms with E-state index in [0.717, 1.165) is 0 Å². The highest BCUT2D eigenvalue weighted by molar-refractivity contribution is 6.18. The Balaban J connectivity index is 1.78. The number of rotatable bonds is 7. The van der Waals surface area contributed by atoms with Gasteiger partial charge >= 0.3 is 0 Å². The summed E-state index contributed by atoms with van der Waals surface area (Å²) in [6.45, 7) is 3.19. The minimum Gasteiger partial charge on any atom is -0.507 e. The lowest BCUT2D eigenvalue weighted by molar-refractivity contribution is 0.101. The second-order valence-corrected chi connectivity index (χ2v) is 12.1. The maximum absolute atomic E-state index is 14.0. The number of methoxy groups -OCH3 is 2. The Morgan fingerprint density at radius 2 is 0.848 bits per heavy atom. The van der Waals surface area contributed by atoms with Crippen molar-refractivity contribution in [1.29, 1.82) is 0 Å². The first-order valence-corrected chi connectivity index (χ1v) is 14.8. The lowest BCUT2D eigenvalue weighted by Gasteiger charge is -2.39. The zero-order chi connectivity index (χ0) is 33.2. The molecule has 0 heterocycles. The third-order valence-corrected chi connectivity index (χ3v) is 8.77. The van der Waals surface area contributed by atoms with E-state index in [0.29, 0.717) is 33.4 Å². The van der Waals surface area contributed by atoms with Gasteiger partial charge in [0.1, 0.15) is 34.5 Å². The van der Waals surface area contributed by atoms with Crippen molar-refractivity contribution in [2.24, 2.45) is 0 Å². The van der Waals surface area contributed by atoms with Gasteiger partial charge in [-0.3, -0.25) is 9.59 Å². The minimum atomic E-state index is -0.915. The lowest BCUT2D eigenvalue weighted by Crippen LogP contribution is -2.30. The standard InChI is InChI=1S/C36H34O10/c1-15(37)5-17-7-21-29(23-11-19(45-3)13-27(41)33(23)35(43)31(21)25(39)9-17)30-22-8-18(6-16(2)38)10-26(40)32(22)36(44)34-24(30)12-20(46-4)14-28(34)42/h7-16,29-30,37-42H,5-6H2,1-4H3/t15-,16-,29-,30+/m0/s1. The third kappa shape index (κ3) is 4.90. The van der Waals surface area contributed by atoms with Crippen LogP contribution in [0.5, 0.6) is 34.5 Å². The van der Waals surface area contributed by atoms with Gasteiger partial charge in [0.15, 0.2) is 0 Å². The number of carbonyl (C=O) groups is 2. The van der Waals surface area contributed by atoms with Crippen molar-refractivity contribution in [3.8, 4) is 34.5 Å². The second kappa shape index (κ2) is 11.4. The van der Waals surface area contributed by atoms with Gasteiger partial charge in [0, 0.05) is 24.0 Å². The average Bonchev–Trinajstić information content (AvgIpc) is 2.96. The number of hydrogen-bond acceptors (Lipinski definition) is 10. The molecule has 2 aliphatic carbocycles. The predicted octanol–water partition coefficient (Wildman–Crippen LogP) is 4.43. The summed E-state index contributed by atoms with van der Waals surface area (Å²) in [6, 6.07) is 12.0. The third-order valence-electron chi connectivity index (χ3n) is 8.77. The molecule has 238 valence electrons. The van der Waals surface area contributed by atoms with Crippen molar-refractivity contribution in [3.63, 3.8) is 0 Å². The Bertz CT molecular complexity index is 1780. The van der Waals surface area contributed by atoms with Crippen molar-refractivity contribution >= 4 is 11.6 Å². The van der Waals surface area contributed by atoms with E-state index in [9.17, 15) is 40.2 Å². The molecule has 4 aromatic carbocycles. The number of carbonyl (C=O) groups excluding carboxylic acids is 2. The molecule has 6 rings (SSSR count). The SMILES string of the molecule is COc1cc(O)c2c(c1)[C@H]([C@H]1c3cc(C[C@H](C)O)cc(O)c3C(=O)c3c(O)cc(OC)cc31)c1cc(C[C@H](C)O)cc(O)c1C2=O. The van der Waals surface area contributed by atoms with Crippen LogP contribution in [0.15, 0.2) is 48.5 Å². The average molecular weight is 627 g/mol. The molecule has 0 bridgehead atoms. The highest BCUT2D eigenvalue weighted by Gasteiger charge is 2.46. The van der Waals surface area contributed by atoms with Crippen LogP contribution >= 0.6 is 0 Å². The fourth-order valence-corrected chi connectivity index (χ4v) is 7.09. The highest BCUT2D eigenvalue weighted by Crippen LogP contribution is 2.57. The fourth-order valence-electron chi connectivity index (χ4n) is 7.09. The fraction of sp³-hybridized carbons (Fsp3) is 0.278. The van der Waals surface area contributed by atoms with E-state index in [1.165, 1.54) is 38.5 Å². The Morgan fingerprint density at radius 1 is 0.543 bits per heavy atom. The van der Waals surface area contributed by atoms with Crippen LogP contribution in [0.1, 0.15) is 90.9 Å². The maximum atomic E-state index is 14.0. The number of aliphatic hydroxyl groups is 2. The zero-order valence-electron chi connectivity index (χ0n) is 25.7. The summed E-state index contributed by atoms with van der Waals surface area (Å²) in [5.41, 5.74) is 2.12. The Kier molecular flexibility index (Phi) is 7.66. The van der Waals surface area contributed by atoms with Gasteiger partial charge in [0.25, 0.3) is 0 Å². The van der Waals surface area contributed by atoms with Crippen LogP contribution in [0, 0.1) is 0 Å². The van der Waals surface area contributed by atoms with Gasteiger partial charge in [-0.2, -0.15) is 0 Å². The number of ketones is 2. The molecule has 4 atom stereocenters. The van der Waals surface area contributed by atoms with Gasteiger partial charge in [-0.05, 0) is 84.3 Å².